The maximum atomic E-state index is 12.6. The summed E-state index contributed by atoms with van der Waals surface area (Å²) in [7, 11) is 0. The van der Waals surface area contributed by atoms with Gasteiger partial charge < -0.3 is 15.5 Å². The molecule has 2 N–H and O–H groups in total. The number of hydrogen-bond acceptors (Lipinski definition) is 3. The molecule has 3 heterocycles. The van der Waals surface area contributed by atoms with Crippen LogP contribution in [-0.4, -0.2) is 47.9 Å². The predicted octanol–water partition coefficient (Wildman–Crippen LogP) is 2.24. The monoisotopic (exact) mass is 357 g/mol. The van der Waals surface area contributed by atoms with Gasteiger partial charge in [-0.1, -0.05) is 6.92 Å². The van der Waals surface area contributed by atoms with Crippen LogP contribution in [0.1, 0.15) is 64.7 Å². The molecule has 3 aliphatic heterocycles. The van der Waals surface area contributed by atoms with Crippen LogP contribution >= 0.6 is 12.4 Å². The summed E-state index contributed by atoms with van der Waals surface area (Å²) in [6.07, 6.45) is 9.04. The average molecular weight is 358 g/mol. The first-order valence-electron chi connectivity index (χ1n) is 9.47. The van der Waals surface area contributed by atoms with Gasteiger partial charge in [-0.2, -0.15) is 0 Å². The molecule has 3 rings (SSSR count). The molecule has 0 aromatic rings. The van der Waals surface area contributed by atoms with E-state index in [0.717, 1.165) is 38.6 Å². The fraction of sp³-hybridized carbons (Fsp3) is 0.889. The Bertz CT molecular complexity index is 434. The fourth-order valence-corrected chi connectivity index (χ4v) is 4.57. The van der Waals surface area contributed by atoms with Gasteiger partial charge in [-0.3, -0.25) is 9.59 Å². The van der Waals surface area contributed by atoms with E-state index in [1.54, 1.807) is 0 Å². The van der Waals surface area contributed by atoms with Gasteiger partial charge >= 0.3 is 0 Å². The van der Waals surface area contributed by atoms with Crippen molar-refractivity contribution in [1.29, 1.82) is 0 Å². The number of carbonyl (C=O) groups excluding carboxylic acids is 2. The Morgan fingerprint density at radius 2 is 1.88 bits per heavy atom. The molecule has 0 aromatic carbocycles. The van der Waals surface area contributed by atoms with Gasteiger partial charge in [-0.05, 0) is 50.9 Å². The van der Waals surface area contributed by atoms with E-state index < -0.39 is 0 Å². The lowest BCUT2D eigenvalue weighted by molar-refractivity contribution is -0.134. The van der Waals surface area contributed by atoms with E-state index in [2.05, 4.69) is 10.6 Å². The second-order valence-corrected chi connectivity index (χ2v) is 7.68. The predicted molar refractivity (Wildman–Crippen MR) is 97.2 cm³/mol. The van der Waals surface area contributed by atoms with Crippen molar-refractivity contribution in [2.24, 2.45) is 5.92 Å². The van der Waals surface area contributed by atoms with Gasteiger partial charge in [0.15, 0.2) is 0 Å². The second-order valence-electron chi connectivity index (χ2n) is 7.68. The van der Waals surface area contributed by atoms with Crippen LogP contribution in [0, 0.1) is 5.92 Å². The molecule has 0 saturated carbocycles. The van der Waals surface area contributed by atoms with Crippen molar-refractivity contribution in [3.05, 3.63) is 0 Å². The Labute approximate surface area is 151 Å². The topological polar surface area (TPSA) is 61.4 Å². The Hall–Kier alpha value is -0.810. The van der Waals surface area contributed by atoms with E-state index in [0.29, 0.717) is 43.3 Å². The molecule has 2 amide bonds. The highest BCUT2D eigenvalue weighted by atomic mass is 35.5. The van der Waals surface area contributed by atoms with Crippen LogP contribution in [0.2, 0.25) is 0 Å². The third kappa shape index (κ3) is 5.09. The zero-order chi connectivity index (χ0) is 16.2. The number of fused-ring (bicyclic) bond motifs is 2. The number of nitrogens with one attached hydrogen (secondary N) is 2. The highest BCUT2D eigenvalue weighted by Crippen LogP contribution is 2.33. The van der Waals surface area contributed by atoms with Crippen LogP contribution in [0.15, 0.2) is 0 Å². The fourth-order valence-electron chi connectivity index (χ4n) is 4.57. The maximum Gasteiger partial charge on any atom is 0.222 e. The van der Waals surface area contributed by atoms with Crippen molar-refractivity contribution in [1.82, 2.24) is 15.5 Å². The highest BCUT2D eigenvalue weighted by Gasteiger charge is 2.35. The SMILES string of the molecule is CCCC(=O)NC1CCCN(C(=O)CC2CC3CCC(C2)N3)C1.Cl. The lowest BCUT2D eigenvalue weighted by Crippen LogP contribution is -2.50. The molecule has 0 aliphatic carbocycles. The minimum absolute atomic E-state index is 0. The zero-order valence-electron chi connectivity index (χ0n) is 14.8. The van der Waals surface area contributed by atoms with E-state index >= 15 is 0 Å². The number of rotatable bonds is 5. The molecule has 5 nitrogen and oxygen atoms in total. The van der Waals surface area contributed by atoms with E-state index in [-0.39, 0.29) is 24.4 Å². The van der Waals surface area contributed by atoms with Crippen molar-refractivity contribution in [2.75, 3.05) is 13.1 Å². The molecule has 24 heavy (non-hydrogen) atoms. The van der Waals surface area contributed by atoms with Gasteiger partial charge in [-0.25, -0.2) is 0 Å². The first-order valence-corrected chi connectivity index (χ1v) is 9.47. The number of halogens is 1. The summed E-state index contributed by atoms with van der Waals surface area (Å²) in [5.41, 5.74) is 0. The summed E-state index contributed by atoms with van der Waals surface area (Å²) < 4.78 is 0. The minimum Gasteiger partial charge on any atom is -0.352 e. The van der Waals surface area contributed by atoms with Gasteiger partial charge in [0.1, 0.15) is 0 Å². The molecule has 0 aromatic heterocycles. The Kier molecular flexibility index (Phi) is 7.35. The largest absolute Gasteiger partial charge is 0.352 e. The van der Waals surface area contributed by atoms with Gasteiger partial charge in [0.05, 0.1) is 0 Å². The number of carbonyl (C=O) groups is 2. The number of piperidine rings is 2. The summed E-state index contributed by atoms with van der Waals surface area (Å²) in [5, 5.41) is 6.73. The maximum absolute atomic E-state index is 12.6. The smallest absolute Gasteiger partial charge is 0.222 e. The van der Waals surface area contributed by atoms with Gasteiger partial charge in [0.2, 0.25) is 11.8 Å². The number of nitrogens with zero attached hydrogens (tertiary/aromatic N) is 1. The van der Waals surface area contributed by atoms with Gasteiger partial charge in [0, 0.05) is 44.1 Å². The van der Waals surface area contributed by atoms with Crippen LogP contribution in [0.3, 0.4) is 0 Å². The summed E-state index contributed by atoms with van der Waals surface area (Å²) in [6.45, 7) is 3.57. The van der Waals surface area contributed by atoms with E-state index in [9.17, 15) is 9.59 Å². The second kappa shape index (κ2) is 9.04. The highest BCUT2D eigenvalue weighted by molar-refractivity contribution is 5.85. The first kappa shape index (κ1) is 19.5. The number of amides is 2. The molecule has 3 unspecified atom stereocenters. The van der Waals surface area contributed by atoms with Gasteiger partial charge in [0.25, 0.3) is 0 Å². The first-order chi connectivity index (χ1) is 11.1. The standard InChI is InChI=1S/C18H31N3O2.ClH/c1-2-4-17(22)20-16-5-3-8-21(12-16)18(23)11-13-9-14-6-7-15(10-13)19-14;/h13-16,19H,2-12H2,1H3,(H,20,22);1H. The molecular weight excluding hydrogens is 326 g/mol. The molecular formula is C18H32ClN3O2. The quantitative estimate of drug-likeness (QED) is 0.793. The molecule has 3 aliphatic rings. The van der Waals surface area contributed by atoms with Gasteiger partial charge in [-0.15, -0.1) is 12.4 Å². The summed E-state index contributed by atoms with van der Waals surface area (Å²) in [6, 6.07) is 1.44. The Balaban J connectivity index is 0.00000208. The third-order valence-electron chi connectivity index (χ3n) is 5.65. The molecule has 3 atom stereocenters. The molecule has 138 valence electrons. The van der Waals surface area contributed by atoms with Crippen LogP contribution in [-0.2, 0) is 9.59 Å². The van der Waals surface area contributed by atoms with Crippen LogP contribution in [0.5, 0.6) is 0 Å². The van der Waals surface area contributed by atoms with Crippen LogP contribution in [0.4, 0.5) is 0 Å². The molecule has 0 spiro atoms. The van der Waals surface area contributed by atoms with Crippen molar-refractivity contribution in [3.63, 3.8) is 0 Å². The van der Waals surface area contributed by atoms with Crippen LogP contribution in [0.25, 0.3) is 0 Å². The van der Waals surface area contributed by atoms with Crippen molar-refractivity contribution >= 4 is 24.2 Å². The lowest BCUT2D eigenvalue weighted by atomic mass is 9.89. The Morgan fingerprint density at radius 3 is 2.54 bits per heavy atom. The van der Waals surface area contributed by atoms with E-state index in [4.69, 9.17) is 0 Å². The number of hydrogen-bond donors (Lipinski definition) is 2. The van der Waals surface area contributed by atoms with Crippen LogP contribution < -0.4 is 10.6 Å². The molecule has 2 bridgehead atoms. The summed E-state index contributed by atoms with van der Waals surface area (Å²) in [5.74, 6) is 0.976. The summed E-state index contributed by atoms with van der Waals surface area (Å²) in [4.78, 5) is 26.4. The van der Waals surface area contributed by atoms with E-state index in [1.807, 2.05) is 11.8 Å². The average Bonchev–Trinajstić information content (AvgIpc) is 2.86. The molecule has 0 radical (unpaired) electrons. The molecule has 3 saturated heterocycles. The minimum atomic E-state index is 0. The van der Waals surface area contributed by atoms with Crippen molar-refractivity contribution < 1.29 is 9.59 Å². The van der Waals surface area contributed by atoms with Crippen molar-refractivity contribution in [3.8, 4) is 0 Å². The zero-order valence-corrected chi connectivity index (χ0v) is 15.6. The lowest BCUT2D eigenvalue weighted by Gasteiger charge is -2.35. The summed E-state index contributed by atoms with van der Waals surface area (Å²) >= 11 is 0. The molecule has 3 fully saturated rings. The Morgan fingerprint density at radius 1 is 1.17 bits per heavy atom. The number of likely N-dealkylation sites (tertiary alicyclic amines) is 1. The van der Waals surface area contributed by atoms with Crippen molar-refractivity contribution in [2.45, 2.75) is 82.8 Å². The van der Waals surface area contributed by atoms with E-state index in [1.165, 1.54) is 12.8 Å². The molecule has 6 heteroatoms. The normalized spacial score (nSPS) is 32.1. The third-order valence-corrected chi connectivity index (χ3v) is 5.65.